The lowest BCUT2D eigenvalue weighted by atomic mass is 9.86. The third-order valence-corrected chi connectivity index (χ3v) is 10.4. The molecule has 0 spiro atoms. The van der Waals surface area contributed by atoms with Crippen LogP contribution in [0.2, 0.25) is 0 Å². The normalized spacial score (nSPS) is 26.0. The van der Waals surface area contributed by atoms with Crippen LogP contribution in [0.4, 0.5) is 0 Å². The fourth-order valence-corrected chi connectivity index (χ4v) is 8.60. The van der Waals surface area contributed by atoms with Gasteiger partial charge in [-0.2, -0.15) is 0 Å². The highest BCUT2D eigenvalue weighted by atomic mass is 32.1. The van der Waals surface area contributed by atoms with E-state index in [2.05, 4.69) is 83.4 Å². The summed E-state index contributed by atoms with van der Waals surface area (Å²) in [5, 5.41) is 9.27. The Balaban J connectivity index is 1.41. The van der Waals surface area contributed by atoms with E-state index in [1.165, 1.54) is 30.9 Å². The van der Waals surface area contributed by atoms with Gasteiger partial charge in [0, 0.05) is 49.1 Å². The van der Waals surface area contributed by atoms with E-state index >= 15 is 0 Å². The molecule has 9 aromatic rings. The van der Waals surface area contributed by atoms with Crippen molar-refractivity contribution < 1.29 is 6.85 Å². The van der Waals surface area contributed by atoms with Crippen LogP contribution >= 0.6 is 11.3 Å². The minimum Gasteiger partial charge on any atom is -0.292 e. The molecular weight excluding hydrogens is 555 g/mol. The van der Waals surface area contributed by atoms with Crippen molar-refractivity contribution in [3.8, 4) is 5.82 Å². The maximum atomic E-state index is 9.16. The van der Waals surface area contributed by atoms with E-state index in [0.29, 0.717) is 22.5 Å². The maximum absolute atomic E-state index is 9.16. The summed E-state index contributed by atoms with van der Waals surface area (Å²) in [7, 11) is 0. The SMILES string of the molecule is [2H]C1C([2H])C([2H])C(c2nc3ccccc3nc2-n2c3ccccc3c3c4sc5c6ccccc6ccc5c4c4ccccc4c32)C([2H])C1[2H]. The minimum absolute atomic E-state index is 0.439. The minimum atomic E-state index is -1.14. The summed E-state index contributed by atoms with van der Waals surface area (Å²) in [5.41, 5.74) is 3.68. The number of aromatic nitrogens is 3. The smallest absolute Gasteiger partial charge is 0.160 e. The van der Waals surface area contributed by atoms with Crippen molar-refractivity contribution in [3.05, 3.63) is 115 Å². The highest BCUT2D eigenvalue weighted by Gasteiger charge is 2.27. The molecule has 1 fully saturated rings. The third kappa shape index (κ3) is 3.37. The van der Waals surface area contributed by atoms with Crippen molar-refractivity contribution >= 4 is 85.9 Å². The molecule has 4 atom stereocenters. The first-order chi connectivity index (χ1) is 23.9. The molecule has 0 aliphatic heterocycles. The Morgan fingerprint density at radius 2 is 1.27 bits per heavy atom. The number of rotatable bonds is 2. The number of hydrogen-bond acceptors (Lipinski definition) is 3. The van der Waals surface area contributed by atoms with E-state index in [1.807, 2.05) is 41.7 Å². The standard InChI is InChI=1S/C40H29N3S/c1-2-13-25(14-3-1)36-40(42-32-20-10-9-19-31(32)41-36)43-33-21-11-8-18-29(33)35-37(43)28-17-7-6-16-27(28)34-30-23-22-24-12-4-5-15-26(24)38(30)44-39(34)35/h4-12,15-23,25H,1-3,13-14H2/i1D,2D,3D,13D,14D. The number of thiophene rings is 1. The Hall–Kier alpha value is -4.80. The molecule has 6 aromatic carbocycles. The van der Waals surface area contributed by atoms with Gasteiger partial charge in [0.05, 0.1) is 27.8 Å². The second-order valence-electron chi connectivity index (χ2n) is 11.5. The van der Waals surface area contributed by atoms with E-state index in [9.17, 15) is 0 Å². The summed E-state index contributed by atoms with van der Waals surface area (Å²) >= 11 is 1.82. The summed E-state index contributed by atoms with van der Waals surface area (Å²) in [4.78, 5) is 10.4. The average Bonchev–Trinajstić information content (AvgIpc) is 3.70. The second-order valence-corrected chi connectivity index (χ2v) is 12.5. The van der Waals surface area contributed by atoms with Crippen LogP contribution in [-0.2, 0) is 0 Å². The van der Waals surface area contributed by atoms with Crippen LogP contribution in [0, 0.1) is 0 Å². The summed E-state index contributed by atoms with van der Waals surface area (Å²) in [6.45, 7) is 0. The number of benzene rings is 6. The first kappa shape index (κ1) is 20.2. The van der Waals surface area contributed by atoms with Crippen molar-refractivity contribution in [2.24, 2.45) is 0 Å². The van der Waals surface area contributed by atoms with Crippen molar-refractivity contribution in [1.82, 2.24) is 14.5 Å². The summed E-state index contributed by atoms with van der Waals surface area (Å²) < 4.78 is 48.8. The van der Waals surface area contributed by atoms with Gasteiger partial charge >= 0.3 is 0 Å². The molecule has 0 N–H and O–H groups in total. The van der Waals surface area contributed by atoms with Gasteiger partial charge in [-0.15, -0.1) is 11.3 Å². The lowest BCUT2D eigenvalue weighted by Gasteiger charge is -2.24. The molecule has 0 bridgehead atoms. The van der Waals surface area contributed by atoms with Gasteiger partial charge in [-0.05, 0) is 47.2 Å². The van der Waals surface area contributed by atoms with Gasteiger partial charge in [-0.3, -0.25) is 4.57 Å². The van der Waals surface area contributed by atoms with E-state index in [1.54, 1.807) is 0 Å². The molecular formula is C40H29N3S. The summed E-state index contributed by atoms with van der Waals surface area (Å²) in [5.74, 6) is -0.358. The van der Waals surface area contributed by atoms with Gasteiger partial charge in [0.1, 0.15) is 0 Å². The zero-order valence-electron chi connectivity index (χ0n) is 28.6. The van der Waals surface area contributed by atoms with Gasteiger partial charge in [-0.25, -0.2) is 9.97 Å². The van der Waals surface area contributed by atoms with E-state index in [0.717, 1.165) is 32.6 Å². The predicted octanol–water partition coefficient (Wildman–Crippen LogP) is 11.4. The van der Waals surface area contributed by atoms with Crippen LogP contribution in [0.3, 0.4) is 0 Å². The zero-order valence-corrected chi connectivity index (χ0v) is 24.4. The molecule has 44 heavy (non-hydrogen) atoms. The highest BCUT2D eigenvalue weighted by Crippen LogP contribution is 2.49. The zero-order chi connectivity index (χ0) is 33.1. The molecule has 1 aliphatic rings. The fraction of sp³-hybridized carbons (Fsp3) is 0.150. The summed E-state index contributed by atoms with van der Waals surface area (Å²) in [6.07, 6.45) is -5.61. The molecule has 0 radical (unpaired) electrons. The second kappa shape index (κ2) is 9.35. The van der Waals surface area contributed by atoms with Crippen molar-refractivity contribution in [2.75, 3.05) is 0 Å². The Morgan fingerprint density at radius 1 is 0.591 bits per heavy atom. The molecule has 4 unspecified atom stereocenters. The first-order valence-corrected chi connectivity index (χ1v) is 15.8. The van der Waals surface area contributed by atoms with Crippen LogP contribution in [-0.4, -0.2) is 14.5 Å². The fourth-order valence-electron chi connectivity index (χ4n) is 7.19. The monoisotopic (exact) mass is 588 g/mol. The van der Waals surface area contributed by atoms with Gasteiger partial charge in [0.15, 0.2) is 5.82 Å². The van der Waals surface area contributed by atoms with Crippen molar-refractivity contribution in [3.63, 3.8) is 0 Å². The van der Waals surface area contributed by atoms with Crippen LogP contribution < -0.4 is 0 Å². The molecule has 3 heterocycles. The van der Waals surface area contributed by atoms with Crippen LogP contribution in [0.25, 0.3) is 80.4 Å². The molecule has 210 valence electrons. The molecule has 1 saturated carbocycles. The molecule has 4 heteroatoms. The molecule has 0 amide bonds. The summed E-state index contributed by atoms with van der Waals surface area (Å²) in [6, 6.07) is 37.5. The highest BCUT2D eigenvalue weighted by molar-refractivity contribution is 7.28. The molecule has 0 saturated heterocycles. The van der Waals surface area contributed by atoms with Gasteiger partial charge in [0.25, 0.3) is 0 Å². The number of hydrogen-bond donors (Lipinski definition) is 0. The van der Waals surface area contributed by atoms with E-state index < -0.39 is 37.9 Å². The van der Waals surface area contributed by atoms with Crippen LogP contribution in [0.15, 0.2) is 109 Å². The third-order valence-electron chi connectivity index (χ3n) is 9.10. The average molecular weight is 589 g/mol. The van der Waals surface area contributed by atoms with Gasteiger partial charge < -0.3 is 0 Å². The molecule has 1 aliphatic carbocycles. The number of nitrogens with zero attached hydrogens (tertiary/aromatic N) is 3. The quantitative estimate of drug-likeness (QED) is 0.201. The van der Waals surface area contributed by atoms with E-state index in [-0.39, 0.29) is 0 Å². The van der Waals surface area contributed by atoms with Gasteiger partial charge in [0.2, 0.25) is 0 Å². The lowest BCUT2D eigenvalue weighted by Crippen LogP contribution is -2.13. The van der Waals surface area contributed by atoms with Crippen LogP contribution in [0.1, 0.15) is 50.4 Å². The number of fused-ring (bicyclic) bond motifs is 13. The Labute approximate surface area is 265 Å². The lowest BCUT2D eigenvalue weighted by molar-refractivity contribution is 0.436. The maximum Gasteiger partial charge on any atom is 0.160 e. The van der Waals surface area contributed by atoms with Crippen LogP contribution in [0.5, 0.6) is 0 Å². The molecule has 3 aromatic heterocycles. The molecule has 10 rings (SSSR count). The predicted molar refractivity (Wildman–Crippen MR) is 188 cm³/mol. The topological polar surface area (TPSA) is 30.7 Å². The Morgan fingerprint density at radius 3 is 2.11 bits per heavy atom. The Kier molecular flexibility index (Phi) is 4.29. The largest absolute Gasteiger partial charge is 0.292 e. The van der Waals surface area contributed by atoms with Crippen molar-refractivity contribution in [1.29, 1.82) is 0 Å². The van der Waals surface area contributed by atoms with Gasteiger partial charge in [-0.1, -0.05) is 110 Å². The molecule has 3 nitrogen and oxygen atoms in total. The van der Waals surface area contributed by atoms with E-state index in [4.69, 9.17) is 16.8 Å². The number of para-hydroxylation sites is 3. The first-order valence-electron chi connectivity index (χ1n) is 17.9. The Bertz CT molecular complexity index is 2790. The van der Waals surface area contributed by atoms with Crippen molar-refractivity contribution in [2.45, 2.75) is 37.9 Å².